The van der Waals surface area contributed by atoms with Crippen molar-refractivity contribution in [3.05, 3.63) is 39.6 Å². The summed E-state index contributed by atoms with van der Waals surface area (Å²) in [5.41, 5.74) is 1.26. The van der Waals surface area contributed by atoms with Crippen LogP contribution in [0.2, 0.25) is 5.15 Å². The molecule has 0 N–H and O–H groups in total. The molecule has 0 aliphatic heterocycles. The Balaban J connectivity index is 2.92. The second kappa shape index (κ2) is 4.01. The molecule has 3 heteroatoms. The van der Waals surface area contributed by atoms with Crippen molar-refractivity contribution in [3.8, 4) is 0 Å². The molecule has 0 radical (unpaired) electrons. The summed E-state index contributed by atoms with van der Waals surface area (Å²) < 4.78 is 1.07. The molecule has 0 saturated carbocycles. The van der Waals surface area contributed by atoms with Crippen molar-refractivity contribution in [2.45, 2.75) is 26.2 Å². The van der Waals surface area contributed by atoms with E-state index in [0.29, 0.717) is 5.15 Å². The van der Waals surface area contributed by atoms with Crippen LogP contribution in [0.3, 0.4) is 0 Å². The van der Waals surface area contributed by atoms with E-state index in [2.05, 4.69) is 41.7 Å². The SMILES string of the molecule is CC(C)(C)c1cnc(Cl)c2cccc(Br)c12. The number of hydrogen-bond donors (Lipinski definition) is 0. The van der Waals surface area contributed by atoms with Crippen molar-refractivity contribution in [1.82, 2.24) is 4.98 Å². The number of pyridine rings is 1. The summed E-state index contributed by atoms with van der Waals surface area (Å²) in [5, 5.41) is 2.72. The maximum Gasteiger partial charge on any atom is 0.136 e. The Morgan fingerprint density at radius 2 is 1.94 bits per heavy atom. The van der Waals surface area contributed by atoms with E-state index in [9.17, 15) is 0 Å². The second-order valence-electron chi connectivity index (χ2n) is 4.88. The minimum Gasteiger partial charge on any atom is -0.244 e. The maximum atomic E-state index is 6.12. The van der Waals surface area contributed by atoms with Crippen LogP contribution in [0.15, 0.2) is 28.9 Å². The minimum absolute atomic E-state index is 0.0553. The molecule has 1 heterocycles. The smallest absolute Gasteiger partial charge is 0.136 e. The van der Waals surface area contributed by atoms with Crippen LogP contribution >= 0.6 is 27.5 Å². The average Bonchev–Trinajstić information content (AvgIpc) is 2.18. The van der Waals surface area contributed by atoms with Gasteiger partial charge >= 0.3 is 0 Å². The van der Waals surface area contributed by atoms with Gasteiger partial charge in [-0.25, -0.2) is 4.98 Å². The summed E-state index contributed by atoms with van der Waals surface area (Å²) in [6, 6.07) is 6.02. The molecule has 1 aromatic carbocycles. The molecular weight excluding hydrogens is 286 g/mol. The molecule has 0 aliphatic rings. The highest BCUT2D eigenvalue weighted by Crippen LogP contribution is 2.36. The van der Waals surface area contributed by atoms with E-state index < -0.39 is 0 Å². The zero-order valence-corrected chi connectivity index (χ0v) is 11.9. The van der Waals surface area contributed by atoms with E-state index in [-0.39, 0.29) is 5.41 Å². The van der Waals surface area contributed by atoms with Crippen molar-refractivity contribution >= 4 is 38.3 Å². The Labute approximate surface area is 109 Å². The lowest BCUT2D eigenvalue weighted by Crippen LogP contribution is -2.12. The predicted molar refractivity (Wildman–Crippen MR) is 73.2 cm³/mol. The Hall–Kier alpha value is -0.600. The highest BCUT2D eigenvalue weighted by molar-refractivity contribution is 9.10. The van der Waals surface area contributed by atoms with Crippen molar-refractivity contribution in [1.29, 1.82) is 0 Å². The molecule has 0 fully saturated rings. The molecule has 1 nitrogen and oxygen atoms in total. The molecule has 84 valence electrons. The van der Waals surface area contributed by atoms with Gasteiger partial charge in [-0.1, -0.05) is 60.4 Å². The lowest BCUT2D eigenvalue weighted by Gasteiger charge is -2.21. The molecule has 16 heavy (non-hydrogen) atoms. The summed E-state index contributed by atoms with van der Waals surface area (Å²) in [7, 11) is 0. The third-order valence-corrected chi connectivity index (χ3v) is 3.58. The normalized spacial score (nSPS) is 12.1. The first-order valence-electron chi connectivity index (χ1n) is 5.14. The van der Waals surface area contributed by atoms with Crippen LogP contribution in [0.25, 0.3) is 10.8 Å². The van der Waals surface area contributed by atoms with Gasteiger partial charge in [0.25, 0.3) is 0 Å². The molecule has 0 atom stereocenters. The van der Waals surface area contributed by atoms with Crippen molar-refractivity contribution in [2.24, 2.45) is 0 Å². The lowest BCUT2D eigenvalue weighted by molar-refractivity contribution is 0.593. The standard InChI is InChI=1S/C13H13BrClN/c1-13(2,3)9-7-16-12(15)8-5-4-6-10(14)11(8)9/h4-7H,1-3H3. The molecule has 2 aromatic rings. The van der Waals surface area contributed by atoms with Crippen LogP contribution in [0, 0.1) is 0 Å². The molecule has 0 spiro atoms. The lowest BCUT2D eigenvalue weighted by atomic mass is 9.85. The molecule has 0 bridgehead atoms. The number of aromatic nitrogens is 1. The van der Waals surface area contributed by atoms with Gasteiger partial charge in [0.05, 0.1) is 0 Å². The fraction of sp³-hybridized carbons (Fsp3) is 0.308. The van der Waals surface area contributed by atoms with Gasteiger partial charge in [0.1, 0.15) is 5.15 Å². The monoisotopic (exact) mass is 297 g/mol. The number of halogens is 2. The van der Waals surface area contributed by atoms with E-state index in [1.807, 2.05) is 24.4 Å². The van der Waals surface area contributed by atoms with Crippen LogP contribution in [0.4, 0.5) is 0 Å². The molecular formula is C13H13BrClN. The quantitative estimate of drug-likeness (QED) is 0.627. The van der Waals surface area contributed by atoms with Crippen LogP contribution in [0.5, 0.6) is 0 Å². The van der Waals surface area contributed by atoms with E-state index in [0.717, 1.165) is 15.2 Å². The fourth-order valence-electron chi connectivity index (χ4n) is 1.79. The van der Waals surface area contributed by atoms with Crippen LogP contribution in [0.1, 0.15) is 26.3 Å². The molecule has 0 saturated heterocycles. The number of hydrogen-bond acceptors (Lipinski definition) is 1. The van der Waals surface area contributed by atoms with Crippen molar-refractivity contribution < 1.29 is 0 Å². The van der Waals surface area contributed by atoms with Gasteiger partial charge in [-0.2, -0.15) is 0 Å². The van der Waals surface area contributed by atoms with Gasteiger partial charge in [0, 0.05) is 21.4 Å². The van der Waals surface area contributed by atoms with Gasteiger partial charge in [-0.3, -0.25) is 0 Å². The molecule has 2 rings (SSSR count). The maximum absolute atomic E-state index is 6.12. The Bertz CT molecular complexity index is 543. The van der Waals surface area contributed by atoms with E-state index in [1.54, 1.807) is 0 Å². The van der Waals surface area contributed by atoms with Gasteiger partial charge in [0.15, 0.2) is 0 Å². The summed E-state index contributed by atoms with van der Waals surface area (Å²) in [6.07, 6.45) is 1.87. The minimum atomic E-state index is 0.0553. The number of nitrogens with zero attached hydrogens (tertiary/aromatic N) is 1. The van der Waals surface area contributed by atoms with Crippen molar-refractivity contribution in [3.63, 3.8) is 0 Å². The predicted octanol–water partition coefficient (Wildman–Crippen LogP) is 4.95. The van der Waals surface area contributed by atoms with Gasteiger partial charge in [0.2, 0.25) is 0 Å². The Kier molecular flexibility index (Phi) is 2.97. The fourth-order valence-corrected chi connectivity index (χ4v) is 2.58. The first kappa shape index (κ1) is 11.9. The van der Waals surface area contributed by atoms with Gasteiger partial charge in [-0.15, -0.1) is 0 Å². The number of rotatable bonds is 0. The first-order valence-corrected chi connectivity index (χ1v) is 6.31. The summed E-state index contributed by atoms with van der Waals surface area (Å²) in [6.45, 7) is 6.53. The molecule has 1 aromatic heterocycles. The van der Waals surface area contributed by atoms with E-state index >= 15 is 0 Å². The number of fused-ring (bicyclic) bond motifs is 1. The summed E-state index contributed by atoms with van der Waals surface area (Å²) in [5.74, 6) is 0. The van der Waals surface area contributed by atoms with Gasteiger partial charge in [-0.05, 0) is 17.0 Å². The highest BCUT2D eigenvalue weighted by Gasteiger charge is 2.19. The molecule has 0 unspecified atom stereocenters. The highest BCUT2D eigenvalue weighted by atomic mass is 79.9. The van der Waals surface area contributed by atoms with Crippen LogP contribution in [-0.4, -0.2) is 4.98 Å². The van der Waals surface area contributed by atoms with Crippen LogP contribution < -0.4 is 0 Å². The van der Waals surface area contributed by atoms with Crippen molar-refractivity contribution in [2.75, 3.05) is 0 Å². The molecule has 0 amide bonds. The third-order valence-electron chi connectivity index (χ3n) is 2.62. The Morgan fingerprint density at radius 1 is 1.25 bits per heavy atom. The van der Waals surface area contributed by atoms with E-state index in [4.69, 9.17) is 11.6 Å². The Morgan fingerprint density at radius 3 is 2.56 bits per heavy atom. The zero-order valence-electron chi connectivity index (χ0n) is 9.51. The van der Waals surface area contributed by atoms with Gasteiger partial charge < -0.3 is 0 Å². The largest absolute Gasteiger partial charge is 0.244 e. The number of benzene rings is 1. The zero-order chi connectivity index (χ0) is 11.9. The summed E-state index contributed by atoms with van der Waals surface area (Å²) in [4.78, 5) is 4.26. The third kappa shape index (κ3) is 1.96. The molecule has 0 aliphatic carbocycles. The topological polar surface area (TPSA) is 12.9 Å². The first-order chi connectivity index (χ1) is 7.41. The second-order valence-corrected chi connectivity index (χ2v) is 6.09. The summed E-state index contributed by atoms with van der Waals surface area (Å²) >= 11 is 9.71. The average molecular weight is 299 g/mol. The van der Waals surface area contributed by atoms with E-state index in [1.165, 1.54) is 5.56 Å². The van der Waals surface area contributed by atoms with Crippen LogP contribution in [-0.2, 0) is 5.41 Å².